The number of esters is 1. The predicted octanol–water partition coefficient (Wildman–Crippen LogP) is 1.30. The molecule has 8 heteroatoms. The molecule has 0 bridgehead atoms. The summed E-state index contributed by atoms with van der Waals surface area (Å²) in [7, 11) is 3.14. The van der Waals surface area contributed by atoms with E-state index in [1.807, 2.05) is 6.07 Å². The zero-order chi connectivity index (χ0) is 21.9. The van der Waals surface area contributed by atoms with Crippen molar-refractivity contribution in [2.75, 3.05) is 27.2 Å². The van der Waals surface area contributed by atoms with Gasteiger partial charge in [-0.25, -0.2) is 0 Å². The Balaban J connectivity index is 1.93. The van der Waals surface area contributed by atoms with Gasteiger partial charge >= 0.3 is 5.97 Å². The van der Waals surface area contributed by atoms with Crippen LogP contribution < -0.4 is 10.6 Å². The number of hydrogen-bond acceptors (Lipinski definition) is 5. The van der Waals surface area contributed by atoms with Gasteiger partial charge < -0.3 is 20.3 Å². The number of hydrogen-bond donors (Lipinski definition) is 2. The van der Waals surface area contributed by atoms with E-state index in [0.29, 0.717) is 5.56 Å². The molecule has 0 spiro atoms. The molecule has 0 heterocycles. The fourth-order valence-corrected chi connectivity index (χ4v) is 2.52. The van der Waals surface area contributed by atoms with Crippen molar-refractivity contribution in [3.63, 3.8) is 0 Å². The van der Waals surface area contributed by atoms with Crippen molar-refractivity contribution in [1.82, 2.24) is 15.5 Å². The van der Waals surface area contributed by atoms with Gasteiger partial charge in [0.2, 0.25) is 5.91 Å². The monoisotopic (exact) mass is 411 g/mol. The van der Waals surface area contributed by atoms with Crippen molar-refractivity contribution in [1.29, 1.82) is 0 Å². The van der Waals surface area contributed by atoms with Gasteiger partial charge in [-0.3, -0.25) is 19.2 Å². The third kappa shape index (κ3) is 7.38. The van der Waals surface area contributed by atoms with Crippen molar-refractivity contribution in [3.05, 3.63) is 71.8 Å². The van der Waals surface area contributed by atoms with E-state index in [0.717, 1.165) is 5.56 Å². The molecular weight excluding hydrogens is 386 g/mol. The highest BCUT2D eigenvalue weighted by molar-refractivity contribution is 5.94. The summed E-state index contributed by atoms with van der Waals surface area (Å²) in [5.74, 6) is -1.82. The quantitative estimate of drug-likeness (QED) is 0.605. The predicted molar refractivity (Wildman–Crippen MR) is 110 cm³/mol. The summed E-state index contributed by atoms with van der Waals surface area (Å²) in [4.78, 5) is 49.4. The lowest BCUT2D eigenvalue weighted by Crippen LogP contribution is -2.38. The highest BCUT2D eigenvalue weighted by Crippen LogP contribution is 2.18. The summed E-state index contributed by atoms with van der Waals surface area (Å²) >= 11 is 0. The number of amides is 3. The number of benzene rings is 2. The van der Waals surface area contributed by atoms with Crippen LogP contribution in [0.1, 0.15) is 28.4 Å². The zero-order valence-electron chi connectivity index (χ0n) is 17.0. The van der Waals surface area contributed by atoms with Gasteiger partial charge in [-0.05, 0) is 17.7 Å². The Bertz CT molecular complexity index is 869. The Morgan fingerprint density at radius 2 is 1.53 bits per heavy atom. The minimum Gasteiger partial charge on any atom is -0.456 e. The molecule has 2 N–H and O–H groups in total. The Kier molecular flexibility index (Phi) is 8.56. The van der Waals surface area contributed by atoms with E-state index >= 15 is 0 Å². The standard InChI is InChI=1S/C22H25N3O5/c1-25(2)20(27)14-23-19(26)15-30-21(28)13-18(16-9-5-3-6-10-16)24-22(29)17-11-7-4-8-12-17/h3-12,18H,13-15H2,1-2H3,(H,23,26)(H,24,29)/t18-/m1/s1. The van der Waals surface area contributed by atoms with Crippen molar-refractivity contribution in [2.24, 2.45) is 0 Å². The van der Waals surface area contributed by atoms with Crippen LogP contribution in [-0.2, 0) is 19.1 Å². The van der Waals surface area contributed by atoms with Crippen LogP contribution in [0, 0.1) is 0 Å². The first-order valence-corrected chi connectivity index (χ1v) is 9.40. The molecule has 8 nitrogen and oxygen atoms in total. The largest absolute Gasteiger partial charge is 0.456 e. The van der Waals surface area contributed by atoms with Crippen LogP contribution >= 0.6 is 0 Å². The van der Waals surface area contributed by atoms with E-state index in [4.69, 9.17) is 4.74 Å². The first-order chi connectivity index (χ1) is 14.4. The van der Waals surface area contributed by atoms with Gasteiger partial charge in [-0.15, -0.1) is 0 Å². The molecule has 0 fully saturated rings. The number of nitrogens with zero attached hydrogens (tertiary/aromatic N) is 1. The normalized spacial score (nSPS) is 11.1. The minimum absolute atomic E-state index is 0.146. The average Bonchev–Trinajstić information content (AvgIpc) is 2.76. The van der Waals surface area contributed by atoms with E-state index in [2.05, 4.69) is 10.6 Å². The molecule has 0 aliphatic heterocycles. The third-order valence-electron chi connectivity index (χ3n) is 4.21. The minimum atomic E-state index is -0.647. The molecule has 0 aromatic heterocycles. The number of likely N-dealkylation sites (N-methyl/N-ethyl adjacent to an activating group) is 1. The van der Waals surface area contributed by atoms with E-state index in [1.54, 1.807) is 68.7 Å². The molecule has 0 saturated heterocycles. The number of carbonyl (C=O) groups is 4. The molecule has 30 heavy (non-hydrogen) atoms. The molecule has 0 aliphatic rings. The summed E-state index contributed by atoms with van der Waals surface area (Å²) in [5, 5.41) is 5.21. The second kappa shape index (κ2) is 11.4. The first kappa shape index (κ1) is 22.6. The fraction of sp³-hybridized carbons (Fsp3) is 0.273. The van der Waals surface area contributed by atoms with Crippen molar-refractivity contribution < 1.29 is 23.9 Å². The summed E-state index contributed by atoms with van der Waals surface area (Å²) in [6, 6.07) is 17.1. The van der Waals surface area contributed by atoms with Crippen LogP contribution in [0.15, 0.2) is 60.7 Å². The molecule has 0 saturated carbocycles. The summed E-state index contributed by atoms with van der Waals surface area (Å²) in [6.45, 7) is -0.684. The summed E-state index contributed by atoms with van der Waals surface area (Å²) < 4.78 is 5.01. The number of carbonyl (C=O) groups excluding carboxylic acids is 4. The number of rotatable bonds is 9. The second-order valence-corrected chi connectivity index (χ2v) is 6.73. The lowest BCUT2D eigenvalue weighted by molar-refractivity contribution is -0.149. The molecule has 0 unspecified atom stereocenters. The summed E-state index contributed by atoms with van der Waals surface area (Å²) in [5.41, 5.74) is 1.21. The summed E-state index contributed by atoms with van der Waals surface area (Å²) in [6.07, 6.45) is -0.146. The van der Waals surface area contributed by atoms with E-state index in [1.165, 1.54) is 4.90 Å². The Labute approximate surface area is 175 Å². The smallest absolute Gasteiger partial charge is 0.308 e. The van der Waals surface area contributed by atoms with Crippen LogP contribution in [-0.4, -0.2) is 55.8 Å². The highest BCUT2D eigenvalue weighted by atomic mass is 16.5. The van der Waals surface area contributed by atoms with E-state index in [-0.39, 0.29) is 24.8 Å². The van der Waals surface area contributed by atoms with E-state index in [9.17, 15) is 19.2 Å². The van der Waals surface area contributed by atoms with Crippen molar-refractivity contribution in [3.8, 4) is 0 Å². The molecule has 2 rings (SSSR count). The molecule has 2 aromatic carbocycles. The van der Waals surface area contributed by atoms with Crippen molar-refractivity contribution in [2.45, 2.75) is 12.5 Å². The maximum atomic E-state index is 12.5. The van der Waals surface area contributed by atoms with E-state index < -0.39 is 24.5 Å². The van der Waals surface area contributed by atoms with Crippen molar-refractivity contribution >= 4 is 23.7 Å². The fourth-order valence-electron chi connectivity index (χ4n) is 2.52. The Morgan fingerprint density at radius 3 is 2.13 bits per heavy atom. The van der Waals surface area contributed by atoms with Crippen LogP contribution in [0.25, 0.3) is 0 Å². The first-order valence-electron chi connectivity index (χ1n) is 9.40. The molecule has 1 atom stereocenters. The van der Waals surface area contributed by atoms with Gasteiger partial charge in [0.1, 0.15) is 0 Å². The Hall–Kier alpha value is -3.68. The lowest BCUT2D eigenvalue weighted by Gasteiger charge is -2.19. The maximum absolute atomic E-state index is 12.5. The molecule has 2 aromatic rings. The van der Waals surface area contributed by atoms with Crippen LogP contribution in [0.3, 0.4) is 0 Å². The lowest BCUT2D eigenvalue weighted by atomic mass is 10.0. The molecule has 0 aliphatic carbocycles. The number of nitrogens with one attached hydrogen (secondary N) is 2. The van der Waals surface area contributed by atoms with Gasteiger partial charge in [0, 0.05) is 19.7 Å². The zero-order valence-corrected chi connectivity index (χ0v) is 17.0. The topological polar surface area (TPSA) is 105 Å². The molecule has 158 valence electrons. The highest BCUT2D eigenvalue weighted by Gasteiger charge is 2.20. The second-order valence-electron chi connectivity index (χ2n) is 6.73. The Morgan fingerprint density at radius 1 is 0.933 bits per heavy atom. The van der Waals surface area contributed by atoms with Gasteiger partial charge in [-0.2, -0.15) is 0 Å². The van der Waals surface area contributed by atoms with Crippen LogP contribution in [0.2, 0.25) is 0 Å². The SMILES string of the molecule is CN(C)C(=O)CNC(=O)COC(=O)C[C@@H](NC(=O)c1ccccc1)c1ccccc1. The van der Waals surface area contributed by atoms with Crippen LogP contribution in [0.4, 0.5) is 0 Å². The molecule has 0 radical (unpaired) electrons. The molecular formula is C22H25N3O5. The van der Waals surface area contributed by atoms with Gasteiger partial charge in [-0.1, -0.05) is 48.5 Å². The van der Waals surface area contributed by atoms with Gasteiger partial charge in [0.05, 0.1) is 19.0 Å². The van der Waals surface area contributed by atoms with Gasteiger partial charge in [0.15, 0.2) is 6.61 Å². The molecule has 3 amide bonds. The maximum Gasteiger partial charge on any atom is 0.308 e. The average molecular weight is 411 g/mol. The third-order valence-corrected chi connectivity index (χ3v) is 4.21. The van der Waals surface area contributed by atoms with Gasteiger partial charge in [0.25, 0.3) is 11.8 Å². The van der Waals surface area contributed by atoms with Crippen LogP contribution in [0.5, 0.6) is 0 Å². The number of ether oxygens (including phenoxy) is 1.